The van der Waals surface area contributed by atoms with E-state index in [9.17, 15) is 9.59 Å². The van der Waals surface area contributed by atoms with Crippen molar-refractivity contribution < 1.29 is 9.59 Å². The van der Waals surface area contributed by atoms with Gasteiger partial charge < -0.3 is 4.90 Å². The Hall–Kier alpha value is -1.64. The molecular weight excluding hydrogens is 214 g/mol. The van der Waals surface area contributed by atoms with Gasteiger partial charge in [0.2, 0.25) is 5.91 Å². The molecule has 3 rings (SSSR count). The smallest absolute Gasteiger partial charge is 0.224 e. The van der Waals surface area contributed by atoms with E-state index < -0.39 is 0 Å². The number of rotatable bonds is 0. The molecule has 3 heteroatoms. The van der Waals surface area contributed by atoms with Crippen molar-refractivity contribution in [2.45, 2.75) is 38.6 Å². The normalized spacial score (nSPS) is 26.9. The largest absolute Gasteiger partial charge is 0.305 e. The van der Waals surface area contributed by atoms with Crippen LogP contribution < -0.4 is 0 Å². The second-order valence-electron chi connectivity index (χ2n) is 4.79. The molecule has 1 saturated heterocycles. The first-order valence-electron chi connectivity index (χ1n) is 6.14. The van der Waals surface area contributed by atoms with Gasteiger partial charge in [0.15, 0.2) is 5.78 Å². The van der Waals surface area contributed by atoms with Gasteiger partial charge in [0.05, 0.1) is 6.04 Å². The van der Waals surface area contributed by atoms with E-state index in [1.165, 1.54) is 0 Å². The first-order chi connectivity index (χ1) is 8.18. The van der Waals surface area contributed by atoms with Gasteiger partial charge in [-0.1, -0.05) is 12.2 Å². The van der Waals surface area contributed by atoms with Crippen LogP contribution in [0.2, 0.25) is 0 Å². The first kappa shape index (κ1) is 10.5. The summed E-state index contributed by atoms with van der Waals surface area (Å²) in [6, 6.07) is 0.0980. The summed E-state index contributed by atoms with van der Waals surface area (Å²) in [5.74, 6) is 0.263. The summed E-state index contributed by atoms with van der Waals surface area (Å²) in [6.07, 6.45) is 9.33. The SMILES string of the molecule is CC(=O)N1C2=CCCC=C2C2=CC(=O)CCC21. The molecule has 3 nitrogen and oxygen atoms in total. The number of hydrogen-bond acceptors (Lipinski definition) is 2. The van der Waals surface area contributed by atoms with Gasteiger partial charge in [-0.05, 0) is 36.5 Å². The Kier molecular flexibility index (Phi) is 2.28. The third-order valence-corrected chi connectivity index (χ3v) is 3.69. The minimum Gasteiger partial charge on any atom is -0.305 e. The standard InChI is InChI=1S/C14H15NO2/c1-9(16)15-13-5-3-2-4-11(13)12-8-10(17)6-7-14(12)15/h4-5,8,14H,2-3,6-7H2,1H3. The Balaban J connectivity index is 2.13. The molecule has 0 radical (unpaired) electrons. The highest BCUT2D eigenvalue weighted by Gasteiger charge is 2.41. The van der Waals surface area contributed by atoms with Crippen LogP contribution in [0.1, 0.15) is 32.6 Å². The Morgan fingerprint density at radius 3 is 2.88 bits per heavy atom. The van der Waals surface area contributed by atoms with Crippen LogP contribution in [0.15, 0.2) is 35.1 Å². The van der Waals surface area contributed by atoms with Crippen LogP contribution in [0.3, 0.4) is 0 Å². The second kappa shape index (κ2) is 3.69. The monoisotopic (exact) mass is 229 g/mol. The van der Waals surface area contributed by atoms with Gasteiger partial charge in [0, 0.05) is 19.0 Å². The molecule has 0 aromatic carbocycles. The number of allylic oxidation sites excluding steroid dienone is 4. The molecule has 1 fully saturated rings. The molecule has 0 N–H and O–H groups in total. The molecular formula is C14H15NO2. The zero-order chi connectivity index (χ0) is 12.0. The van der Waals surface area contributed by atoms with Crippen molar-refractivity contribution in [3.63, 3.8) is 0 Å². The Bertz CT molecular complexity index is 496. The molecule has 0 spiro atoms. The molecule has 3 aliphatic rings. The van der Waals surface area contributed by atoms with Crippen molar-refractivity contribution >= 4 is 11.7 Å². The molecule has 0 saturated carbocycles. The summed E-state index contributed by atoms with van der Waals surface area (Å²) < 4.78 is 0. The van der Waals surface area contributed by atoms with Crippen LogP contribution in [-0.4, -0.2) is 22.6 Å². The van der Waals surface area contributed by atoms with Crippen LogP contribution in [0.5, 0.6) is 0 Å². The fourth-order valence-corrected chi connectivity index (χ4v) is 3.01. The van der Waals surface area contributed by atoms with Gasteiger partial charge in [0.25, 0.3) is 0 Å². The average Bonchev–Trinajstić information content (AvgIpc) is 2.63. The number of ketones is 1. The van der Waals surface area contributed by atoms with E-state index in [0.29, 0.717) is 6.42 Å². The quantitative estimate of drug-likeness (QED) is 0.638. The predicted octanol–water partition coefficient (Wildman–Crippen LogP) is 2.11. The summed E-state index contributed by atoms with van der Waals surface area (Å²) >= 11 is 0. The molecule has 0 aromatic heterocycles. The molecule has 1 amide bonds. The summed E-state index contributed by atoms with van der Waals surface area (Å²) in [6.45, 7) is 1.60. The van der Waals surface area contributed by atoms with Crippen molar-refractivity contribution in [2.75, 3.05) is 0 Å². The number of amides is 1. The van der Waals surface area contributed by atoms with Gasteiger partial charge in [-0.2, -0.15) is 0 Å². The lowest BCUT2D eigenvalue weighted by Crippen LogP contribution is -2.35. The molecule has 0 aromatic rings. The summed E-state index contributed by atoms with van der Waals surface area (Å²) in [4.78, 5) is 25.2. The van der Waals surface area contributed by atoms with Gasteiger partial charge in [-0.25, -0.2) is 0 Å². The van der Waals surface area contributed by atoms with Gasteiger partial charge in [-0.15, -0.1) is 0 Å². The highest BCUT2D eigenvalue weighted by molar-refractivity contribution is 5.94. The molecule has 17 heavy (non-hydrogen) atoms. The van der Waals surface area contributed by atoms with E-state index in [1.807, 2.05) is 4.90 Å². The maximum absolute atomic E-state index is 11.8. The maximum atomic E-state index is 11.8. The lowest BCUT2D eigenvalue weighted by atomic mass is 9.89. The predicted molar refractivity (Wildman–Crippen MR) is 64.0 cm³/mol. The molecule has 1 aliphatic heterocycles. The number of carbonyl (C=O) groups excluding carboxylic acids is 2. The Morgan fingerprint density at radius 2 is 2.12 bits per heavy atom. The number of likely N-dealkylation sites (tertiary alicyclic amines) is 1. The zero-order valence-electron chi connectivity index (χ0n) is 9.90. The summed E-state index contributed by atoms with van der Waals surface area (Å²) in [5.41, 5.74) is 3.20. The van der Waals surface area contributed by atoms with E-state index in [2.05, 4.69) is 12.2 Å². The van der Waals surface area contributed by atoms with E-state index in [-0.39, 0.29) is 17.7 Å². The van der Waals surface area contributed by atoms with Crippen LogP contribution in [0.4, 0.5) is 0 Å². The third kappa shape index (κ3) is 1.49. The molecule has 2 aliphatic carbocycles. The number of hydrogen-bond donors (Lipinski definition) is 0. The zero-order valence-corrected chi connectivity index (χ0v) is 9.90. The fourth-order valence-electron chi connectivity index (χ4n) is 3.01. The topological polar surface area (TPSA) is 37.4 Å². The maximum Gasteiger partial charge on any atom is 0.224 e. The number of carbonyl (C=O) groups is 2. The Labute approximate surface area is 100 Å². The molecule has 88 valence electrons. The lowest BCUT2D eigenvalue weighted by Gasteiger charge is -2.26. The van der Waals surface area contributed by atoms with Crippen molar-refractivity contribution in [2.24, 2.45) is 0 Å². The number of nitrogens with zero attached hydrogens (tertiary/aromatic N) is 1. The van der Waals surface area contributed by atoms with E-state index in [0.717, 1.165) is 36.1 Å². The molecule has 1 atom stereocenters. The Morgan fingerprint density at radius 1 is 1.35 bits per heavy atom. The minimum absolute atomic E-state index is 0.0757. The van der Waals surface area contributed by atoms with Crippen molar-refractivity contribution in [1.29, 1.82) is 0 Å². The van der Waals surface area contributed by atoms with Crippen molar-refractivity contribution in [1.82, 2.24) is 4.90 Å². The average molecular weight is 229 g/mol. The van der Waals surface area contributed by atoms with E-state index in [1.54, 1.807) is 13.0 Å². The van der Waals surface area contributed by atoms with E-state index >= 15 is 0 Å². The summed E-state index contributed by atoms with van der Waals surface area (Å²) in [7, 11) is 0. The van der Waals surface area contributed by atoms with Crippen molar-refractivity contribution in [3.05, 3.63) is 35.1 Å². The highest BCUT2D eigenvalue weighted by Crippen LogP contribution is 2.43. The highest BCUT2D eigenvalue weighted by atomic mass is 16.2. The number of fused-ring (bicyclic) bond motifs is 3. The van der Waals surface area contributed by atoms with Gasteiger partial charge >= 0.3 is 0 Å². The fraction of sp³-hybridized carbons (Fsp3) is 0.429. The van der Waals surface area contributed by atoms with Crippen LogP contribution in [-0.2, 0) is 9.59 Å². The first-order valence-corrected chi connectivity index (χ1v) is 6.14. The summed E-state index contributed by atoms with van der Waals surface area (Å²) in [5, 5.41) is 0. The second-order valence-corrected chi connectivity index (χ2v) is 4.79. The van der Waals surface area contributed by atoms with Crippen LogP contribution >= 0.6 is 0 Å². The third-order valence-electron chi connectivity index (χ3n) is 3.69. The van der Waals surface area contributed by atoms with Crippen LogP contribution in [0, 0.1) is 0 Å². The van der Waals surface area contributed by atoms with Gasteiger partial charge in [0.1, 0.15) is 0 Å². The molecule has 0 bridgehead atoms. The van der Waals surface area contributed by atoms with Crippen molar-refractivity contribution in [3.8, 4) is 0 Å². The lowest BCUT2D eigenvalue weighted by molar-refractivity contribution is -0.128. The molecule has 1 unspecified atom stereocenters. The van der Waals surface area contributed by atoms with E-state index in [4.69, 9.17) is 0 Å². The van der Waals surface area contributed by atoms with Gasteiger partial charge in [-0.3, -0.25) is 9.59 Å². The minimum atomic E-state index is 0.0757. The molecule has 1 heterocycles. The van der Waals surface area contributed by atoms with Crippen LogP contribution in [0.25, 0.3) is 0 Å².